The zero-order valence-corrected chi connectivity index (χ0v) is 7.50. The molecule has 0 saturated heterocycles. The van der Waals surface area contributed by atoms with Gasteiger partial charge in [0.1, 0.15) is 6.04 Å². The smallest absolute Gasteiger partial charge is 0.328 e. The van der Waals surface area contributed by atoms with Crippen molar-refractivity contribution in [3.63, 3.8) is 0 Å². The first-order valence-electron chi connectivity index (χ1n) is 3.58. The van der Waals surface area contributed by atoms with Crippen molar-refractivity contribution in [1.29, 1.82) is 0 Å². The van der Waals surface area contributed by atoms with Crippen LogP contribution in [-0.4, -0.2) is 16.9 Å². The monoisotopic (exact) mass is 186 g/mol. The summed E-state index contributed by atoms with van der Waals surface area (Å²) in [6, 6.07) is 1.03. The fourth-order valence-corrected chi connectivity index (χ4v) is 1.31. The molecule has 0 aliphatic carbocycles. The number of hydrogen-bond acceptors (Lipinski definition) is 5. The van der Waals surface area contributed by atoms with Crippen molar-refractivity contribution in [2.75, 3.05) is 6.61 Å². The Kier molecular flexibility index (Phi) is 3.19. The second-order valence-corrected chi connectivity index (χ2v) is 3.01. The number of carbonyl (C=O) groups is 1. The van der Waals surface area contributed by atoms with E-state index in [1.807, 2.05) is 0 Å². The van der Waals surface area contributed by atoms with Gasteiger partial charge in [-0.15, -0.1) is 0 Å². The Morgan fingerprint density at radius 3 is 3.17 bits per heavy atom. The molecule has 0 spiro atoms. The fraction of sp³-hybridized carbons (Fsp3) is 0.429. The zero-order valence-electron chi connectivity index (χ0n) is 6.69. The van der Waals surface area contributed by atoms with Crippen LogP contribution < -0.4 is 5.73 Å². The SMILES string of the molecule is CCOC(=O)C(N)c1ccns1. The van der Waals surface area contributed by atoms with Gasteiger partial charge in [-0.25, -0.2) is 9.17 Å². The summed E-state index contributed by atoms with van der Waals surface area (Å²) in [5.41, 5.74) is 5.56. The number of hydrogen-bond donors (Lipinski definition) is 1. The molecule has 12 heavy (non-hydrogen) atoms. The summed E-state index contributed by atoms with van der Waals surface area (Å²) in [6.45, 7) is 2.10. The molecule has 1 heterocycles. The number of esters is 1. The quantitative estimate of drug-likeness (QED) is 0.706. The average Bonchev–Trinajstić information content (AvgIpc) is 2.55. The molecule has 0 aliphatic heterocycles. The van der Waals surface area contributed by atoms with E-state index in [0.29, 0.717) is 6.61 Å². The maximum absolute atomic E-state index is 11.1. The van der Waals surface area contributed by atoms with Crippen molar-refractivity contribution in [3.8, 4) is 0 Å². The minimum Gasteiger partial charge on any atom is -0.465 e. The second kappa shape index (κ2) is 4.18. The molecular formula is C7H10N2O2S. The van der Waals surface area contributed by atoms with Crippen LogP contribution >= 0.6 is 11.5 Å². The molecular weight excluding hydrogens is 176 g/mol. The van der Waals surface area contributed by atoms with Crippen LogP contribution in [0.15, 0.2) is 12.3 Å². The highest BCUT2D eigenvalue weighted by molar-refractivity contribution is 7.05. The molecule has 0 fully saturated rings. The van der Waals surface area contributed by atoms with E-state index in [9.17, 15) is 4.79 Å². The van der Waals surface area contributed by atoms with Gasteiger partial charge in [-0.05, 0) is 24.5 Å². The van der Waals surface area contributed by atoms with Crippen LogP contribution in [0.25, 0.3) is 0 Å². The molecule has 0 bridgehead atoms. The normalized spacial score (nSPS) is 12.5. The van der Waals surface area contributed by atoms with Crippen LogP contribution in [0.4, 0.5) is 0 Å². The fourth-order valence-electron chi connectivity index (χ4n) is 0.734. The van der Waals surface area contributed by atoms with E-state index in [-0.39, 0.29) is 0 Å². The number of carbonyl (C=O) groups excluding carboxylic acids is 1. The number of aromatic nitrogens is 1. The van der Waals surface area contributed by atoms with Crippen LogP contribution in [0.3, 0.4) is 0 Å². The van der Waals surface area contributed by atoms with Gasteiger partial charge in [0.15, 0.2) is 0 Å². The standard InChI is InChI=1S/C7H10N2O2S/c1-2-11-7(10)6(8)5-3-4-9-12-5/h3-4,6H,2,8H2,1H3. The lowest BCUT2D eigenvalue weighted by Gasteiger charge is -2.06. The summed E-state index contributed by atoms with van der Waals surface area (Å²) in [4.78, 5) is 11.8. The van der Waals surface area contributed by atoms with Gasteiger partial charge in [-0.2, -0.15) is 0 Å². The Hall–Kier alpha value is -0.940. The number of rotatable bonds is 3. The predicted octanol–water partition coefficient (Wildman–Crippen LogP) is 0.706. The molecule has 1 aromatic heterocycles. The van der Waals surface area contributed by atoms with E-state index >= 15 is 0 Å². The highest BCUT2D eigenvalue weighted by Crippen LogP contribution is 2.14. The van der Waals surface area contributed by atoms with Crippen LogP contribution in [0.1, 0.15) is 17.8 Å². The van der Waals surface area contributed by atoms with Gasteiger partial charge in [0.2, 0.25) is 0 Å². The first-order valence-corrected chi connectivity index (χ1v) is 4.36. The molecule has 0 aromatic carbocycles. The van der Waals surface area contributed by atoms with Crippen LogP contribution in [0.2, 0.25) is 0 Å². The zero-order chi connectivity index (χ0) is 8.97. The maximum atomic E-state index is 11.1. The van der Waals surface area contributed by atoms with E-state index in [4.69, 9.17) is 10.5 Å². The molecule has 0 radical (unpaired) electrons. The van der Waals surface area contributed by atoms with Crippen molar-refractivity contribution in [3.05, 3.63) is 17.1 Å². The van der Waals surface area contributed by atoms with Crippen LogP contribution in [0.5, 0.6) is 0 Å². The van der Waals surface area contributed by atoms with Crippen LogP contribution in [-0.2, 0) is 9.53 Å². The third-order valence-corrected chi connectivity index (χ3v) is 2.13. The van der Waals surface area contributed by atoms with E-state index < -0.39 is 12.0 Å². The van der Waals surface area contributed by atoms with Crippen molar-refractivity contribution < 1.29 is 9.53 Å². The Morgan fingerprint density at radius 2 is 2.67 bits per heavy atom. The molecule has 5 heteroatoms. The van der Waals surface area contributed by atoms with E-state index in [0.717, 1.165) is 4.88 Å². The Labute approximate surface area is 74.5 Å². The second-order valence-electron chi connectivity index (χ2n) is 2.14. The van der Waals surface area contributed by atoms with Crippen molar-refractivity contribution in [2.45, 2.75) is 13.0 Å². The lowest BCUT2D eigenvalue weighted by Crippen LogP contribution is -2.22. The minimum atomic E-state index is -0.683. The first kappa shape index (κ1) is 9.15. The Balaban J connectivity index is 2.59. The molecule has 0 saturated carbocycles. The summed E-state index contributed by atoms with van der Waals surface area (Å²) in [5.74, 6) is -0.401. The van der Waals surface area contributed by atoms with Crippen molar-refractivity contribution >= 4 is 17.5 Å². The van der Waals surface area contributed by atoms with Gasteiger partial charge in [-0.1, -0.05) is 0 Å². The maximum Gasteiger partial charge on any atom is 0.328 e. The molecule has 1 unspecified atom stereocenters. The van der Waals surface area contributed by atoms with E-state index in [1.165, 1.54) is 11.5 Å². The summed E-state index contributed by atoms with van der Waals surface area (Å²) >= 11 is 1.21. The van der Waals surface area contributed by atoms with Gasteiger partial charge in [-0.3, -0.25) is 0 Å². The summed E-state index contributed by atoms with van der Waals surface area (Å²) in [6.07, 6.45) is 1.61. The molecule has 1 rings (SSSR count). The van der Waals surface area contributed by atoms with Gasteiger partial charge < -0.3 is 10.5 Å². The molecule has 66 valence electrons. The largest absolute Gasteiger partial charge is 0.465 e. The summed E-state index contributed by atoms with van der Waals surface area (Å²) in [7, 11) is 0. The third-order valence-electron chi connectivity index (χ3n) is 1.30. The average molecular weight is 186 g/mol. The highest BCUT2D eigenvalue weighted by Gasteiger charge is 2.17. The molecule has 0 amide bonds. The van der Waals surface area contributed by atoms with Crippen LogP contribution in [0, 0.1) is 0 Å². The molecule has 1 atom stereocenters. The molecule has 1 aromatic rings. The Bertz CT molecular complexity index is 248. The first-order chi connectivity index (χ1) is 5.75. The summed E-state index contributed by atoms with van der Waals surface area (Å²) in [5, 5.41) is 0. The van der Waals surface area contributed by atoms with E-state index in [2.05, 4.69) is 4.37 Å². The van der Waals surface area contributed by atoms with Crippen molar-refractivity contribution in [1.82, 2.24) is 4.37 Å². The number of nitrogens with two attached hydrogens (primary N) is 1. The highest BCUT2D eigenvalue weighted by atomic mass is 32.1. The number of nitrogens with zero attached hydrogens (tertiary/aromatic N) is 1. The lowest BCUT2D eigenvalue weighted by atomic mass is 10.3. The summed E-state index contributed by atoms with van der Waals surface area (Å²) < 4.78 is 8.58. The van der Waals surface area contributed by atoms with Gasteiger partial charge in [0.25, 0.3) is 0 Å². The van der Waals surface area contributed by atoms with Crippen molar-refractivity contribution in [2.24, 2.45) is 5.73 Å². The Morgan fingerprint density at radius 1 is 1.92 bits per heavy atom. The van der Waals surface area contributed by atoms with E-state index in [1.54, 1.807) is 19.2 Å². The van der Waals surface area contributed by atoms with Gasteiger partial charge in [0, 0.05) is 6.20 Å². The minimum absolute atomic E-state index is 0.353. The molecule has 4 nitrogen and oxygen atoms in total. The predicted molar refractivity (Wildman–Crippen MR) is 45.7 cm³/mol. The number of ether oxygens (including phenoxy) is 1. The molecule has 0 aliphatic rings. The topological polar surface area (TPSA) is 65.2 Å². The van der Waals surface area contributed by atoms with Gasteiger partial charge >= 0.3 is 5.97 Å². The molecule has 2 N–H and O–H groups in total. The van der Waals surface area contributed by atoms with Gasteiger partial charge in [0.05, 0.1) is 11.5 Å². The lowest BCUT2D eigenvalue weighted by molar-refractivity contribution is -0.144. The third kappa shape index (κ3) is 2.02.